The Bertz CT molecular complexity index is 373. The van der Waals surface area contributed by atoms with Crippen molar-refractivity contribution in [2.24, 2.45) is 5.92 Å². The Morgan fingerprint density at radius 1 is 1.33 bits per heavy atom. The first-order chi connectivity index (χ1) is 8.66. The van der Waals surface area contributed by atoms with Gasteiger partial charge < -0.3 is 10.2 Å². The van der Waals surface area contributed by atoms with Gasteiger partial charge in [0.1, 0.15) is 0 Å². The highest BCUT2D eigenvalue weighted by atomic mass is 35.5. The Morgan fingerprint density at radius 2 is 2.00 bits per heavy atom. The van der Waals surface area contributed by atoms with Crippen LogP contribution in [0.3, 0.4) is 0 Å². The van der Waals surface area contributed by atoms with Crippen LogP contribution in [0.5, 0.6) is 0 Å². The molecule has 0 amide bonds. The van der Waals surface area contributed by atoms with E-state index in [1.807, 2.05) is 12.1 Å². The maximum Gasteiger partial charge on any atom is 0.0453 e. The molecule has 1 saturated heterocycles. The van der Waals surface area contributed by atoms with Crippen molar-refractivity contribution in [1.82, 2.24) is 10.2 Å². The smallest absolute Gasteiger partial charge is 0.0453 e. The number of piperidine rings is 1. The van der Waals surface area contributed by atoms with Crippen molar-refractivity contribution in [3.8, 4) is 0 Å². The zero-order valence-corrected chi connectivity index (χ0v) is 12.1. The lowest BCUT2D eigenvalue weighted by molar-refractivity contribution is 0.213. The van der Waals surface area contributed by atoms with Crippen LogP contribution in [-0.2, 0) is 0 Å². The average Bonchev–Trinajstić information content (AvgIpc) is 2.38. The Kier molecular flexibility index (Phi) is 5.04. The van der Waals surface area contributed by atoms with Gasteiger partial charge in [-0.2, -0.15) is 0 Å². The first-order valence-corrected chi connectivity index (χ1v) is 7.21. The lowest BCUT2D eigenvalue weighted by Crippen LogP contribution is -2.35. The second kappa shape index (κ2) is 6.55. The number of halogens is 1. The number of nitrogens with one attached hydrogen (secondary N) is 1. The minimum atomic E-state index is 0.332. The van der Waals surface area contributed by atoms with Crippen LogP contribution in [0.4, 0.5) is 0 Å². The van der Waals surface area contributed by atoms with E-state index in [0.717, 1.165) is 17.5 Å². The molecule has 3 heteroatoms. The molecule has 0 aromatic heterocycles. The highest BCUT2D eigenvalue weighted by Crippen LogP contribution is 2.23. The van der Waals surface area contributed by atoms with Gasteiger partial charge in [-0.25, -0.2) is 0 Å². The van der Waals surface area contributed by atoms with E-state index >= 15 is 0 Å². The summed E-state index contributed by atoms with van der Waals surface area (Å²) in [6.45, 7) is 5.75. The van der Waals surface area contributed by atoms with Crippen LogP contribution in [0.2, 0.25) is 5.02 Å². The molecule has 0 radical (unpaired) electrons. The van der Waals surface area contributed by atoms with Crippen molar-refractivity contribution in [1.29, 1.82) is 0 Å². The molecule has 1 fully saturated rings. The fraction of sp³-hybridized carbons (Fsp3) is 0.600. The SMILES string of the molecule is C[C@H](NCC1CCN(C)CC1)c1ccccc1Cl. The number of rotatable bonds is 4. The Balaban J connectivity index is 1.81. The predicted octanol–water partition coefficient (Wildman–Crippen LogP) is 3.33. The zero-order chi connectivity index (χ0) is 13.0. The van der Waals surface area contributed by atoms with Crippen molar-refractivity contribution in [2.45, 2.75) is 25.8 Å². The minimum Gasteiger partial charge on any atom is -0.310 e. The number of nitrogens with zero attached hydrogens (tertiary/aromatic N) is 1. The molecule has 1 aliphatic heterocycles. The molecule has 1 atom stereocenters. The van der Waals surface area contributed by atoms with Gasteiger partial charge in [-0.1, -0.05) is 29.8 Å². The van der Waals surface area contributed by atoms with Crippen LogP contribution in [0.15, 0.2) is 24.3 Å². The van der Waals surface area contributed by atoms with Crippen molar-refractivity contribution in [3.05, 3.63) is 34.9 Å². The van der Waals surface area contributed by atoms with Gasteiger partial charge in [0, 0.05) is 11.1 Å². The maximum atomic E-state index is 6.21. The van der Waals surface area contributed by atoms with E-state index in [1.165, 1.54) is 31.5 Å². The third-order valence-electron chi connectivity index (χ3n) is 3.92. The molecule has 1 aromatic rings. The van der Waals surface area contributed by atoms with Gasteiger partial charge in [0.05, 0.1) is 0 Å². The molecule has 1 heterocycles. The molecule has 1 aromatic carbocycles. The van der Waals surface area contributed by atoms with Crippen molar-refractivity contribution in [2.75, 3.05) is 26.7 Å². The molecule has 0 bridgehead atoms. The summed E-state index contributed by atoms with van der Waals surface area (Å²) in [5.41, 5.74) is 1.20. The first kappa shape index (κ1) is 13.9. The molecule has 1 N–H and O–H groups in total. The summed E-state index contributed by atoms with van der Waals surface area (Å²) in [6, 6.07) is 8.43. The minimum absolute atomic E-state index is 0.332. The molecular formula is C15H23ClN2. The summed E-state index contributed by atoms with van der Waals surface area (Å²) in [6.07, 6.45) is 2.61. The molecule has 1 aliphatic rings. The number of hydrogen-bond donors (Lipinski definition) is 1. The van der Waals surface area contributed by atoms with Crippen LogP contribution < -0.4 is 5.32 Å². The van der Waals surface area contributed by atoms with Gasteiger partial charge in [0.15, 0.2) is 0 Å². The molecular weight excluding hydrogens is 244 g/mol. The Labute approximate surface area is 115 Å². The normalized spacial score (nSPS) is 19.9. The highest BCUT2D eigenvalue weighted by molar-refractivity contribution is 6.31. The third kappa shape index (κ3) is 3.71. The van der Waals surface area contributed by atoms with Gasteiger partial charge in [-0.3, -0.25) is 0 Å². The second-order valence-electron chi connectivity index (χ2n) is 5.40. The van der Waals surface area contributed by atoms with E-state index in [-0.39, 0.29) is 0 Å². The van der Waals surface area contributed by atoms with E-state index in [0.29, 0.717) is 6.04 Å². The molecule has 0 saturated carbocycles. The molecule has 2 nitrogen and oxygen atoms in total. The average molecular weight is 267 g/mol. The summed E-state index contributed by atoms with van der Waals surface area (Å²) < 4.78 is 0. The zero-order valence-electron chi connectivity index (χ0n) is 11.3. The van der Waals surface area contributed by atoms with Crippen LogP contribution in [-0.4, -0.2) is 31.6 Å². The van der Waals surface area contributed by atoms with Gasteiger partial charge in [-0.05, 0) is 64.0 Å². The molecule has 18 heavy (non-hydrogen) atoms. The van der Waals surface area contributed by atoms with Crippen LogP contribution >= 0.6 is 11.6 Å². The van der Waals surface area contributed by atoms with Crippen LogP contribution in [0, 0.1) is 5.92 Å². The largest absolute Gasteiger partial charge is 0.310 e. The predicted molar refractivity (Wildman–Crippen MR) is 78.1 cm³/mol. The lowest BCUT2D eigenvalue weighted by atomic mass is 9.96. The summed E-state index contributed by atoms with van der Waals surface area (Å²) in [5, 5.41) is 4.48. The van der Waals surface area contributed by atoms with E-state index in [9.17, 15) is 0 Å². The van der Waals surface area contributed by atoms with Gasteiger partial charge in [-0.15, -0.1) is 0 Å². The van der Waals surface area contributed by atoms with Gasteiger partial charge >= 0.3 is 0 Å². The maximum absolute atomic E-state index is 6.21. The molecule has 0 unspecified atom stereocenters. The first-order valence-electron chi connectivity index (χ1n) is 6.83. The Morgan fingerprint density at radius 3 is 2.67 bits per heavy atom. The lowest BCUT2D eigenvalue weighted by Gasteiger charge is -2.30. The van der Waals surface area contributed by atoms with Gasteiger partial charge in [0.25, 0.3) is 0 Å². The monoisotopic (exact) mass is 266 g/mol. The van der Waals surface area contributed by atoms with Crippen LogP contribution in [0.1, 0.15) is 31.4 Å². The topological polar surface area (TPSA) is 15.3 Å². The van der Waals surface area contributed by atoms with E-state index < -0.39 is 0 Å². The van der Waals surface area contributed by atoms with E-state index in [1.54, 1.807) is 0 Å². The van der Waals surface area contributed by atoms with E-state index in [4.69, 9.17) is 11.6 Å². The number of hydrogen-bond acceptors (Lipinski definition) is 2. The quantitative estimate of drug-likeness (QED) is 0.899. The molecule has 2 rings (SSSR count). The van der Waals surface area contributed by atoms with Crippen molar-refractivity contribution >= 4 is 11.6 Å². The second-order valence-corrected chi connectivity index (χ2v) is 5.81. The third-order valence-corrected chi connectivity index (χ3v) is 4.27. The Hall–Kier alpha value is -0.570. The summed E-state index contributed by atoms with van der Waals surface area (Å²) in [5.74, 6) is 0.811. The number of likely N-dealkylation sites (tertiary alicyclic amines) is 1. The van der Waals surface area contributed by atoms with Crippen molar-refractivity contribution < 1.29 is 0 Å². The molecule has 0 aliphatic carbocycles. The summed E-state index contributed by atoms with van der Waals surface area (Å²) in [4.78, 5) is 2.41. The van der Waals surface area contributed by atoms with E-state index in [2.05, 4.69) is 36.3 Å². The molecule has 100 valence electrons. The van der Waals surface area contributed by atoms with Crippen LogP contribution in [0.25, 0.3) is 0 Å². The standard InChI is InChI=1S/C15H23ClN2/c1-12(14-5-3-4-6-15(14)16)17-11-13-7-9-18(2)10-8-13/h3-6,12-13,17H,7-11H2,1-2H3/t12-/m0/s1. The summed E-state index contributed by atoms with van der Waals surface area (Å²) >= 11 is 6.21. The van der Waals surface area contributed by atoms with Crippen molar-refractivity contribution in [3.63, 3.8) is 0 Å². The summed E-state index contributed by atoms with van der Waals surface area (Å²) in [7, 11) is 2.20. The van der Waals surface area contributed by atoms with Gasteiger partial charge in [0.2, 0.25) is 0 Å². The molecule has 0 spiro atoms. The fourth-order valence-electron chi connectivity index (χ4n) is 2.55. The highest BCUT2D eigenvalue weighted by Gasteiger charge is 2.17. The fourth-order valence-corrected chi connectivity index (χ4v) is 2.85. The number of benzene rings is 1.